The van der Waals surface area contributed by atoms with Crippen LogP contribution in [-0.4, -0.2) is 53.1 Å². The molecular weight excluding hydrogens is 240 g/mol. The Kier molecular flexibility index (Phi) is 9.57. The molecule has 0 atom stereocenters. The Morgan fingerprint density at radius 2 is 1.67 bits per heavy atom. The lowest BCUT2D eigenvalue weighted by Gasteiger charge is -2.28. The first kappa shape index (κ1) is 17.1. The largest absolute Gasteiger partial charge is 0.381 e. The second kappa shape index (κ2) is 10.1. The predicted molar refractivity (Wildman–Crippen MR) is 66.0 cm³/mol. The normalized spacial score (nSPS) is 11.5. The predicted octanol–water partition coefficient (Wildman–Crippen LogP) is 0.435. The molecule has 0 aliphatic rings. The number of hydrogen-bond acceptors (Lipinski definition) is 5. The summed E-state index contributed by atoms with van der Waals surface area (Å²) in [7, 11) is 4.59. The van der Waals surface area contributed by atoms with E-state index in [-0.39, 0.29) is 0 Å². The van der Waals surface area contributed by atoms with Gasteiger partial charge in [0.1, 0.15) is 0 Å². The topological polar surface area (TPSA) is 92.0 Å². The van der Waals surface area contributed by atoms with Gasteiger partial charge in [0.2, 0.25) is 0 Å². The summed E-state index contributed by atoms with van der Waals surface area (Å²) in [6, 6.07) is -0.514. The van der Waals surface area contributed by atoms with E-state index in [0.717, 1.165) is 12.8 Å². The van der Waals surface area contributed by atoms with Crippen LogP contribution in [0.4, 0.5) is 4.79 Å². The van der Waals surface area contributed by atoms with Crippen LogP contribution < -0.4 is 11.1 Å². The van der Waals surface area contributed by atoms with Crippen molar-refractivity contribution in [3.63, 3.8) is 0 Å². The van der Waals surface area contributed by atoms with Crippen molar-refractivity contribution in [2.24, 2.45) is 5.73 Å². The van der Waals surface area contributed by atoms with Gasteiger partial charge in [-0.25, -0.2) is 4.79 Å². The van der Waals surface area contributed by atoms with E-state index in [2.05, 4.69) is 5.32 Å². The summed E-state index contributed by atoms with van der Waals surface area (Å²) in [6.45, 7) is 1.67. The second-order valence-electron chi connectivity index (χ2n) is 3.66. The molecule has 0 saturated heterocycles. The van der Waals surface area contributed by atoms with Crippen LogP contribution >= 0.6 is 0 Å². The highest BCUT2D eigenvalue weighted by Crippen LogP contribution is 2.18. The zero-order valence-electron chi connectivity index (χ0n) is 11.4. The number of carbonyl (C=O) groups excluding carboxylic acids is 1. The van der Waals surface area contributed by atoms with Crippen molar-refractivity contribution in [1.29, 1.82) is 0 Å². The molecule has 3 N–H and O–H groups in total. The van der Waals surface area contributed by atoms with E-state index in [1.165, 1.54) is 21.3 Å². The highest BCUT2D eigenvalue weighted by molar-refractivity contribution is 5.71. The van der Waals surface area contributed by atoms with E-state index in [1.807, 2.05) is 0 Å². The Balaban J connectivity index is 3.47. The number of methoxy groups -OCH3 is 3. The minimum atomic E-state index is -0.989. The SMILES string of the molecule is COC(CCCOCCCNC(N)=O)(OC)OC. The number of rotatable bonds is 11. The molecule has 0 aliphatic carbocycles. The molecule has 0 saturated carbocycles. The fourth-order valence-corrected chi connectivity index (χ4v) is 1.43. The summed E-state index contributed by atoms with van der Waals surface area (Å²) >= 11 is 0. The first-order valence-corrected chi connectivity index (χ1v) is 5.86. The molecule has 0 radical (unpaired) electrons. The molecule has 0 aromatic rings. The van der Waals surface area contributed by atoms with Crippen LogP contribution in [0, 0.1) is 0 Å². The molecule has 18 heavy (non-hydrogen) atoms. The zero-order valence-corrected chi connectivity index (χ0v) is 11.4. The van der Waals surface area contributed by atoms with Crippen LogP contribution in [-0.2, 0) is 18.9 Å². The van der Waals surface area contributed by atoms with Crippen molar-refractivity contribution < 1.29 is 23.7 Å². The molecule has 108 valence electrons. The fraction of sp³-hybridized carbons (Fsp3) is 0.909. The molecule has 0 fully saturated rings. The third-order valence-electron chi connectivity index (χ3n) is 2.47. The summed E-state index contributed by atoms with van der Waals surface area (Å²) in [4.78, 5) is 10.4. The standard InChI is InChI=1S/C11H24N2O5/c1-15-11(16-2,17-3)6-4-8-18-9-5-7-13-10(12)14/h4-9H2,1-3H3,(H3,12,13,14). The quantitative estimate of drug-likeness (QED) is 0.417. The molecule has 0 heterocycles. The van der Waals surface area contributed by atoms with Gasteiger partial charge < -0.3 is 30.0 Å². The summed E-state index contributed by atoms with van der Waals surface area (Å²) in [5.41, 5.74) is 4.92. The smallest absolute Gasteiger partial charge is 0.312 e. The lowest BCUT2D eigenvalue weighted by molar-refractivity contribution is -0.355. The fourth-order valence-electron chi connectivity index (χ4n) is 1.43. The lowest BCUT2D eigenvalue weighted by Crippen LogP contribution is -2.36. The van der Waals surface area contributed by atoms with Gasteiger partial charge in [-0.1, -0.05) is 0 Å². The van der Waals surface area contributed by atoms with E-state index < -0.39 is 12.0 Å². The second-order valence-corrected chi connectivity index (χ2v) is 3.66. The number of urea groups is 1. The Hall–Kier alpha value is -0.890. The summed E-state index contributed by atoms with van der Waals surface area (Å²) in [6.07, 6.45) is 2.06. The molecule has 0 aromatic heterocycles. The molecule has 0 aromatic carbocycles. The van der Waals surface area contributed by atoms with Crippen LogP contribution in [0.3, 0.4) is 0 Å². The summed E-state index contributed by atoms with van der Waals surface area (Å²) in [5.74, 6) is -0.989. The number of carbonyl (C=O) groups is 1. The minimum Gasteiger partial charge on any atom is -0.381 e. The molecular formula is C11H24N2O5. The van der Waals surface area contributed by atoms with E-state index in [4.69, 9.17) is 24.7 Å². The average molecular weight is 264 g/mol. The Morgan fingerprint density at radius 3 is 2.17 bits per heavy atom. The molecule has 0 rings (SSSR count). The van der Waals surface area contributed by atoms with Crippen LogP contribution in [0.15, 0.2) is 0 Å². The Morgan fingerprint density at radius 1 is 1.11 bits per heavy atom. The maximum absolute atomic E-state index is 10.4. The van der Waals surface area contributed by atoms with Crippen molar-refractivity contribution in [2.75, 3.05) is 41.1 Å². The van der Waals surface area contributed by atoms with E-state index in [9.17, 15) is 4.79 Å². The van der Waals surface area contributed by atoms with Crippen molar-refractivity contribution in [3.05, 3.63) is 0 Å². The molecule has 0 bridgehead atoms. The maximum Gasteiger partial charge on any atom is 0.312 e. The number of hydrogen-bond donors (Lipinski definition) is 2. The zero-order chi connectivity index (χ0) is 13.9. The van der Waals surface area contributed by atoms with Crippen molar-refractivity contribution >= 4 is 6.03 Å². The van der Waals surface area contributed by atoms with E-state index >= 15 is 0 Å². The molecule has 7 heteroatoms. The van der Waals surface area contributed by atoms with Crippen LogP contribution in [0.5, 0.6) is 0 Å². The first-order valence-electron chi connectivity index (χ1n) is 5.86. The van der Waals surface area contributed by atoms with Gasteiger partial charge in [-0.3, -0.25) is 0 Å². The van der Waals surface area contributed by atoms with Gasteiger partial charge in [-0.15, -0.1) is 0 Å². The van der Waals surface area contributed by atoms with Gasteiger partial charge in [0.25, 0.3) is 5.97 Å². The molecule has 0 unspecified atom stereocenters. The third-order valence-corrected chi connectivity index (χ3v) is 2.47. The van der Waals surface area contributed by atoms with Crippen LogP contribution in [0.1, 0.15) is 19.3 Å². The van der Waals surface area contributed by atoms with Crippen molar-refractivity contribution in [3.8, 4) is 0 Å². The highest BCUT2D eigenvalue weighted by atomic mass is 16.9. The Labute approximate surface area is 108 Å². The van der Waals surface area contributed by atoms with Crippen LogP contribution in [0.25, 0.3) is 0 Å². The van der Waals surface area contributed by atoms with Gasteiger partial charge in [-0.2, -0.15) is 0 Å². The highest BCUT2D eigenvalue weighted by Gasteiger charge is 2.28. The Bertz CT molecular complexity index is 213. The van der Waals surface area contributed by atoms with Crippen molar-refractivity contribution in [1.82, 2.24) is 5.32 Å². The summed E-state index contributed by atoms with van der Waals surface area (Å²) in [5, 5.41) is 2.49. The van der Waals surface area contributed by atoms with Crippen molar-refractivity contribution in [2.45, 2.75) is 25.2 Å². The van der Waals surface area contributed by atoms with E-state index in [1.54, 1.807) is 0 Å². The van der Waals surface area contributed by atoms with Gasteiger partial charge in [-0.05, 0) is 12.8 Å². The van der Waals surface area contributed by atoms with Gasteiger partial charge in [0.05, 0.1) is 0 Å². The number of ether oxygens (including phenoxy) is 4. The number of amides is 2. The van der Waals surface area contributed by atoms with Gasteiger partial charge >= 0.3 is 6.03 Å². The molecule has 0 spiro atoms. The number of nitrogens with one attached hydrogen (secondary N) is 1. The lowest BCUT2D eigenvalue weighted by atomic mass is 10.3. The van der Waals surface area contributed by atoms with Gasteiger partial charge in [0, 0.05) is 47.5 Å². The average Bonchev–Trinajstić information content (AvgIpc) is 2.38. The van der Waals surface area contributed by atoms with Crippen LogP contribution in [0.2, 0.25) is 0 Å². The number of primary amides is 1. The molecule has 0 aliphatic heterocycles. The summed E-state index contributed by atoms with van der Waals surface area (Å²) < 4.78 is 20.8. The maximum atomic E-state index is 10.4. The molecule has 7 nitrogen and oxygen atoms in total. The third kappa shape index (κ3) is 7.44. The van der Waals surface area contributed by atoms with Gasteiger partial charge in [0.15, 0.2) is 0 Å². The minimum absolute atomic E-state index is 0.514. The van der Waals surface area contributed by atoms with E-state index in [0.29, 0.717) is 26.2 Å². The molecule has 2 amide bonds. The number of nitrogens with two attached hydrogens (primary N) is 1. The first-order chi connectivity index (χ1) is 8.60. The monoisotopic (exact) mass is 264 g/mol.